The van der Waals surface area contributed by atoms with Crippen molar-refractivity contribution in [2.75, 3.05) is 13.6 Å². The first-order valence-electron chi connectivity index (χ1n) is 7.00. The number of hydrogen-bond acceptors (Lipinski definition) is 6. The fourth-order valence-corrected chi connectivity index (χ4v) is 3.84. The van der Waals surface area contributed by atoms with Gasteiger partial charge < -0.3 is 10.2 Å². The van der Waals surface area contributed by atoms with Crippen molar-refractivity contribution in [3.63, 3.8) is 0 Å². The van der Waals surface area contributed by atoms with E-state index in [1.165, 1.54) is 30.3 Å². The minimum atomic E-state index is -4.04. The number of amides is 1. The molecule has 0 unspecified atom stereocenters. The second-order valence-electron chi connectivity index (χ2n) is 5.18. The van der Waals surface area contributed by atoms with Gasteiger partial charge in [0.2, 0.25) is 9.84 Å². The maximum Gasteiger partial charge on any atom is 0.269 e. The first-order valence-corrected chi connectivity index (χ1v) is 8.48. The lowest BCUT2D eigenvalue weighted by molar-refractivity contribution is -0.385. The molecular formula is C14H17N3O5S. The van der Waals surface area contributed by atoms with Gasteiger partial charge in [0.15, 0.2) is 4.91 Å². The molecule has 0 fully saturated rings. The molecule has 0 spiro atoms. The number of hydrogen-bond donors (Lipinski definition) is 1. The molecule has 8 nitrogen and oxygen atoms in total. The van der Waals surface area contributed by atoms with Gasteiger partial charge in [0, 0.05) is 38.5 Å². The third kappa shape index (κ3) is 3.19. The highest BCUT2D eigenvalue weighted by Crippen LogP contribution is 2.31. The molecule has 1 amide bonds. The van der Waals surface area contributed by atoms with Crippen molar-refractivity contribution in [3.05, 3.63) is 45.0 Å². The number of nitrogens with one attached hydrogen (secondary N) is 1. The first-order chi connectivity index (χ1) is 10.8. The van der Waals surface area contributed by atoms with E-state index in [2.05, 4.69) is 5.32 Å². The molecule has 124 valence electrons. The number of non-ortho nitro benzene ring substituents is 1. The van der Waals surface area contributed by atoms with E-state index in [0.717, 1.165) is 12.5 Å². The second kappa shape index (κ2) is 6.37. The van der Waals surface area contributed by atoms with Crippen LogP contribution in [0, 0.1) is 10.1 Å². The Morgan fingerprint density at radius 3 is 2.74 bits per heavy atom. The van der Waals surface area contributed by atoms with Crippen molar-refractivity contribution in [3.8, 4) is 0 Å². The highest BCUT2D eigenvalue weighted by molar-refractivity contribution is 7.96. The van der Waals surface area contributed by atoms with Gasteiger partial charge >= 0.3 is 0 Å². The average molecular weight is 339 g/mol. The van der Waals surface area contributed by atoms with Gasteiger partial charge in [-0.15, -0.1) is 0 Å². The number of carbonyl (C=O) groups is 1. The third-order valence-electron chi connectivity index (χ3n) is 3.43. The van der Waals surface area contributed by atoms with E-state index in [1.54, 1.807) is 0 Å². The van der Waals surface area contributed by atoms with Gasteiger partial charge in [-0.3, -0.25) is 14.9 Å². The number of nitrogens with zero attached hydrogens (tertiary/aromatic N) is 2. The third-order valence-corrected chi connectivity index (χ3v) is 5.28. The lowest BCUT2D eigenvalue weighted by Crippen LogP contribution is -2.28. The Morgan fingerprint density at radius 2 is 2.13 bits per heavy atom. The molecule has 0 aromatic heterocycles. The number of nitro groups is 1. The number of nitro benzene ring substituents is 1. The number of sulfone groups is 1. The van der Waals surface area contributed by atoms with Crippen LogP contribution < -0.4 is 5.32 Å². The molecule has 0 atom stereocenters. The van der Waals surface area contributed by atoms with Gasteiger partial charge in [0.05, 0.1) is 9.82 Å². The summed E-state index contributed by atoms with van der Waals surface area (Å²) in [6.45, 7) is 2.43. The maximum absolute atomic E-state index is 12.7. The zero-order valence-electron chi connectivity index (χ0n) is 12.8. The monoisotopic (exact) mass is 339 g/mol. The van der Waals surface area contributed by atoms with E-state index in [1.807, 2.05) is 6.92 Å². The topological polar surface area (TPSA) is 110 Å². The molecular weight excluding hydrogens is 322 g/mol. The predicted molar refractivity (Wildman–Crippen MR) is 83.1 cm³/mol. The second-order valence-corrected chi connectivity index (χ2v) is 7.06. The van der Waals surface area contributed by atoms with Gasteiger partial charge in [-0.25, -0.2) is 8.42 Å². The lowest BCUT2D eigenvalue weighted by atomic mass is 10.2. The van der Waals surface area contributed by atoms with Crippen molar-refractivity contribution in [2.45, 2.75) is 24.8 Å². The van der Waals surface area contributed by atoms with Crippen molar-refractivity contribution < 1.29 is 18.1 Å². The fraction of sp³-hybridized carbons (Fsp3) is 0.357. The maximum atomic E-state index is 12.7. The van der Waals surface area contributed by atoms with Gasteiger partial charge in [0.1, 0.15) is 0 Å². The molecule has 2 rings (SSSR count). The van der Waals surface area contributed by atoms with Crippen LogP contribution in [0.15, 0.2) is 34.2 Å². The number of likely N-dealkylation sites (N-methyl/N-ethyl adjacent to an activating group) is 1. The Labute approximate surface area is 133 Å². The molecule has 9 heteroatoms. The Hall–Kier alpha value is -2.42. The Morgan fingerprint density at radius 1 is 1.43 bits per heavy atom. The summed E-state index contributed by atoms with van der Waals surface area (Å²) in [5.41, 5.74) is 0.0188. The van der Waals surface area contributed by atoms with E-state index in [9.17, 15) is 23.3 Å². The minimum absolute atomic E-state index is 0.0137. The standard InChI is InChI=1S/C14H17N3O5S/c1-3-6-15-8-13-14(18)16(2)9-10-7-11(17(19)20)4-5-12(10)23(13,21)22/h4-5,7-8,15H,3,6,9H2,1-2H3/b13-8+. The highest BCUT2D eigenvalue weighted by Gasteiger charge is 2.35. The van der Waals surface area contributed by atoms with E-state index in [0.29, 0.717) is 6.54 Å². The lowest BCUT2D eigenvalue weighted by Gasteiger charge is -2.14. The summed E-state index contributed by atoms with van der Waals surface area (Å²) < 4.78 is 25.5. The summed E-state index contributed by atoms with van der Waals surface area (Å²) in [5, 5.41) is 13.7. The van der Waals surface area contributed by atoms with E-state index < -0.39 is 20.7 Å². The van der Waals surface area contributed by atoms with E-state index in [4.69, 9.17) is 0 Å². The fourth-order valence-electron chi connectivity index (χ4n) is 2.26. The highest BCUT2D eigenvalue weighted by atomic mass is 32.2. The van der Waals surface area contributed by atoms with Gasteiger partial charge in [0.25, 0.3) is 11.6 Å². The Balaban J connectivity index is 2.61. The smallest absolute Gasteiger partial charge is 0.269 e. The molecule has 0 radical (unpaired) electrons. The molecule has 0 saturated carbocycles. The van der Waals surface area contributed by atoms with Crippen LogP contribution in [0.1, 0.15) is 18.9 Å². The molecule has 0 bridgehead atoms. The quantitative estimate of drug-likeness (QED) is 0.382. The van der Waals surface area contributed by atoms with Crippen LogP contribution in [0.4, 0.5) is 5.69 Å². The van der Waals surface area contributed by atoms with Gasteiger partial charge in [-0.2, -0.15) is 0 Å². The summed E-state index contributed by atoms with van der Waals surface area (Å²) in [6, 6.07) is 3.51. The predicted octanol–water partition coefficient (Wildman–Crippen LogP) is 1.18. The summed E-state index contributed by atoms with van der Waals surface area (Å²) in [5.74, 6) is -0.646. The molecule has 1 aromatic rings. The number of benzene rings is 1. The van der Waals surface area contributed by atoms with Crippen LogP contribution in [-0.4, -0.2) is 37.7 Å². The van der Waals surface area contributed by atoms with Crippen LogP contribution in [0.5, 0.6) is 0 Å². The van der Waals surface area contributed by atoms with Gasteiger partial charge in [-0.1, -0.05) is 6.92 Å². The van der Waals surface area contributed by atoms with Crippen LogP contribution in [0.2, 0.25) is 0 Å². The molecule has 1 aromatic carbocycles. The minimum Gasteiger partial charge on any atom is -0.390 e. The molecule has 23 heavy (non-hydrogen) atoms. The molecule has 0 saturated heterocycles. The average Bonchev–Trinajstić information content (AvgIpc) is 2.56. The van der Waals surface area contributed by atoms with Crippen molar-refractivity contribution in [2.24, 2.45) is 0 Å². The van der Waals surface area contributed by atoms with Crippen LogP contribution in [0.3, 0.4) is 0 Å². The largest absolute Gasteiger partial charge is 0.390 e. The van der Waals surface area contributed by atoms with E-state index >= 15 is 0 Å². The molecule has 1 N–H and O–H groups in total. The van der Waals surface area contributed by atoms with Crippen LogP contribution in [0.25, 0.3) is 0 Å². The molecule has 1 aliphatic rings. The summed E-state index contributed by atoms with van der Waals surface area (Å²) in [7, 11) is -2.58. The Kier molecular flexibility index (Phi) is 4.69. The summed E-state index contributed by atoms with van der Waals surface area (Å²) in [4.78, 5) is 23.4. The number of carbonyl (C=O) groups excluding carboxylic acids is 1. The number of fused-ring (bicyclic) bond motifs is 1. The molecule has 1 heterocycles. The summed E-state index contributed by atoms with van der Waals surface area (Å²) >= 11 is 0. The van der Waals surface area contributed by atoms with E-state index in [-0.39, 0.29) is 27.6 Å². The number of rotatable bonds is 4. The van der Waals surface area contributed by atoms with Gasteiger partial charge in [-0.05, 0) is 18.1 Å². The van der Waals surface area contributed by atoms with Crippen molar-refractivity contribution in [1.82, 2.24) is 10.2 Å². The van der Waals surface area contributed by atoms with Crippen LogP contribution in [-0.2, 0) is 21.2 Å². The zero-order valence-corrected chi connectivity index (χ0v) is 13.6. The molecule has 1 aliphatic heterocycles. The molecule has 0 aliphatic carbocycles. The van der Waals surface area contributed by atoms with Crippen molar-refractivity contribution in [1.29, 1.82) is 0 Å². The Bertz CT molecular complexity index is 786. The zero-order chi connectivity index (χ0) is 17.2. The normalized spacial score (nSPS) is 18.4. The SMILES string of the molecule is CCCN/C=C1\C(=O)N(C)Cc2cc([N+](=O)[O-])ccc2S1(=O)=O. The van der Waals surface area contributed by atoms with Crippen molar-refractivity contribution >= 4 is 21.4 Å². The van der Waals surface area contributed by atoms with Crippen LogP contribution >= 0.6 is 0 Å². The first kappa shape index (κ1) is 16.9. The summed E-state index contributed by atoms with van der Waals surface area (Å²) in [6.07, 6.45) is 1.98.